The van der Waals surface area contributed by atoms with Crippen molar-refractivity contribution in [2.24, 2.45) is 5.92 Å². The molecule has 1 heterocycles. The van der Waals surface area contributed by atoms with E-state index in [1.54, 1.807) is 25.4 Å². The first-order valence-corrected chi connectivity index (χ1v) is 6.45. The Morgan fingerprint density at radius 1 is 1.32 bits per heavy atom. The first-order valence-electron chi connectivity index (χ1n) is 6.45. The number of pyridine rings is 1. The van der Waals surface area contributed by atoms with Crippen molar-refractivity contribution in [1.82, 2.24) is 4.98 Å². The highest BCUT2D eigenvalue weighted by atomic mass is 16.5. The highest BCUT2D eigenvalue weighted by molar-refractivity contribution is 5.92. The number of fused-ring (bicyclic) bond motifs is 1. The van der Waals surface area contributed by atoms with Crippen LogP contribution in [0.1, 0.15) is 13.8 Å². The van der Waals surface area contributed by atoms with Gasteiger partial charge < -0.3 is 15.2 Å². The van der Waals surface area contributed by atoms with Crippen LogP contribution in [-0.4, -0.2) is 29.8 Å². The van der Waals surface area contributed by atoms with Crippen LogP contribution in [-0.2, 0) is 4.74 Å². The maximum Gasteiger partial charge on any atom is 0.134 e. The molecule has 102 valence electrons. The molecule has 0 saturated heterocycles. The monoisotopic (exact) mass is 260 g/mol. The number of aromatic hydroxyl groups is 1. The molecule has 2 rings (SSSR count). The second kappa shape index (κ2) is 5.89. The van der Waals surface area contributed by atoms with Gasteiger partial charge in [-0.3, -0.25) is 0 Å². The van der Waals surface area contributed by atoms with Gasteiger partial charge in [-0.15, -0.1) is 0 Å². The van der Waals surface area contributed by atoms with Gasteiger partial charge in [-0.25, -0.2) is 4.98 Å². The highest BCUT2D eigenvalue weighted by Crippen LogP contribution is 2.26. The van der Waals surface area contributed by atoms with Gasteiger partial charge in [-0.05, 0) is 29.5 Å². The molecule has 1 atom stereocenters. The van der Waals surface area contributed by atoms with Gasteiger partial charge in [0.05, 0.1) is 12.6 Å². The summed E-state index contributed by atoms with van der Waals surface area (Å²) in [5.41, 5.74) is 0. The Morgan fingerprint density at radius 2 is 2.11 bits per heavy atom. The zero-order valence-electron chi connectivity index (χ0n) is 11.6. The first kappa shape index (κ1) is 13.6. The van der Waals surface area contributed by atoms with Crippen molar-refractivity contribution >= 4 is 16.6 Å². The molecule has 2 aromatic rings. The van der Waals surface area contributed by atoms with Gasteiger partial charge in [0.1, 0.15) is 11.6 Å². The lowest BCUT2D eigenvalue weighted by Gasteiger charge is -2.22. The van der Waals surface area contributed by atoms with E-state index in [-0.39, 0.29) is 11.8 Å². The van der Waals surface area contributed by atoms with Crippen molar-refractivity contribution in [1.29, 1.82) is 0 Å². The molecule has 0 amide bonds. The lowest BCUT2D eigenvalue weighted by molar-refractivity contribution is 0.171. The lowest BCUT2D eigenvalue weighted by atomic mass is 10.0. The highest BCUT2D eigenvalue weighted by Gasteiger charge is 2.15. The van der Waals surface area contributed by atoms with E-state index in [4.69, 9.17) is 4.74 Å². The number of methoxy groups -OCH3 is 1. The van der Waals surface area contributed by atoms with Crippen LogP contribution in [0, 0.1) is 5.92 Å². The van der Waals surface area contributed by atoms with Crippen LogP contribution >= 0.6 is 0 Å². The molecule has 4 heteroatoms. The van der Waals surface area contributed by atoms with Gasteiger partial charge in [0.25, 0.3) is 0 Å². The molecule has 1 unspecified atom stereocenters. The number of nitrogens with one attached hydrogen (secondary N) is 1. The minimum Gasteiger partial charge on any atom is -0.508 e. The Labute approximate surface area is 113 Å². The summed E-state index contributed by atoms with van der Waals surface area (Å²) in [6.07, 6.45) is 1.77. The van der Waals surface area contributed by atoms with Crippen molar-refractivity contribution in [2.45, 2.75) is 19.9 Å². The molecule has 0 aliphatic heterocycles. The number of phenolic OH excluding ortho intramolecular Hbond substituents is 1. The summed E-state index contributed by atoms with van der Waals surface area (Å²) in [6.45, 7) is 4.90. The zero-order chi connectivity index (χ0) is 13.8. The smallest absolute Gasteiger partial charge is 0.134 e. The summed E-state index contributed by atoms with van der Waals surface area (Å²) < 4.78 is 5.23. The predicted molar refractivity (Wildman–Crippen MR) is 77.5 cm³/mol. The van der Waals surface area contributed by atoms with Crippen LogP contribution in [0.4, 0.5) is 5.82 Å². The molecule has 1 aromatic heterocycles. The number of phenols is 1. The number of anilines is 1. The largest absolute Gasteiger partial charge is 0.508 e. The number of nitrogens with zero attached hydrogens (tertiary/aromatic N) is 1. The fourth-order valence-electron chi connectivity index (χ4n) is 2.03. The second-order valence-corrected chi connectivity index (χ2v) is 5.02. The molecule has 0 radical (unpaired) electrons. The normalized spacial score (nSPS) is 12.8. The van der Waals surface area contributed by atoms with Gasteiger partial charge >= 0.3 is 0 Å². The Kier molecular flexibility index (Phi) is 4.22. The van der Waals surface area contributed by atoms with Crippen LogP contribution in [0.15, 0.2) is 30.5 Å². The molecule has 0 saturated carbocycles. The second-order valence-electron chi connectivity index (χ2n) is 5.02. The van der Waals surface area contributed by atoms with Gasteiger partial charge in [-0.1, -0.05) is 19.9 Å². The van der Waals surface area contributed by atoms with E-state index < -0.39 is 0 Å². The van der Waals surface area contributed by atoms with Crippen molar-refractivity contribution in [3.8, 4) is 5.75 Å². The molecule has 0 aliphatic carbocycles. The Bertz CT molecular complexity index is 555. The number of hydrogen-bond acceptors (Lipinski definition) is 4. The van der Waals surface area contributed by atoms with Crippen LogP contribution < -0.4 is 5.32 Å². The van der Waals surface area contributed by atoms with Crippen molar-refractivity contribution in [3.05, 3.63) is 30.5 Å². The van der Waals surface area contributed by atoms with Crippen LogP contribution in [0.2, 0.25) is 0 Å². The number of benzene rings is 1. The Hall–Kier alpha value is -1.81. The number of rotatable bonds is 5. The van der Waals surface area contributed by atoms with E-state index in [1.807, 2.05) is 12.1 Å². The SMILES string of the molecule is COCC(Nc1nccc2ccc(O)cc12)C(C)C. The third kappa shape index (κ3) is 3.15. The summed E-state index contributed by atoms with van der Waals surface area (Å²) in [5.74, 6) is 1.45. The van der Waals surface area contributed by atoms with E-state index in [2.05, 4.69) is 24.1 Å². The van der Waals surface area contributed by atoms with E-state index in [1.165, 1.54) is 0 Å². The Morgan fingerprint density at radius 3 is 2.79 bits per heavy atom. The van der Waals surface area contributed by atoms with Gasteiger partial charge in [0.15, 0.2) is 0 Å². The summed E-state index contributed by atoms with van der Waals surface area (Å²) in [5, 5.41) is 15.0. The molecular weight excluding hydrogens is 240 g/mol. The van der Waals surface area contributed by atoms with E-state index in [0.717, 1.165) is 16.6 Å². The van der Waals surface area contributed by atoms with Gasteiger partial charge in [-0.2, -0.15) is 0 Å². The zero-order valence-corrected chi connectivity index (χ0v) is 11.6. The molecule has 19 heavy (non-hydrogen) atoms. The summed E-state index contributed by atoms with van der Waals surface area (Å²) >= 11 is 0. The standard InChI is InChI=1S/C15H20N2O2/c1-10(2)14(9-19-3)17-15-13-8-12(18)5-4-11(13)6-7-16-15/h4-8,10,14,18H,9H2,1-3H3,(H,16,17). The topological polar surface area (TPSA) is 54.4 Å². The van der Waals surface area contributed by atoms with Crippen LogP contribution in [0.5, 0.6) is 5.75 Å². The third-order valence-corrected chi connectivity index (χ3v) is 3.22. The molecular formula is C15H20N2O2. The maximum absolute atomic E-state index is 9.62. The van der Waals surface area contributed by atoms with Crippen LogP contribution in [0.25, 0.3) is 10.8 Å². The lowest BCUT2D eigenvalue weighted by Crippen LogP contribution is -2.30. The summed E-state index contributed by atoms with van der Waals surface area (Å²) in [7, 11) is 1.69. The minimum atomic E-state index is 0.186. The van der Waals surface area contributed by atoms with Gasteiger partial charge in [0.2, 0.25) is 0 Å². The summed E-state index contributed by atoms with van der Waals surface area (Å²) in [6, 6.07) is 7.42. The van der Waals surface area contributed by atoms with Gasteiger partial charge in [0, 0.05) is 18.7 Å². The van der Waals surface area contributed by atoms with Crippen LogP contribution in [0.3, 0.4) is 0 Å². The maximum atomic E-state index is 9.62. The molecule has 4 nitrogen and oxygen atoms in total. The third-order valence-electron chi connectivity index (χ3n) is 3.22. The predicted octanol–water partition coefficient (Wildman–Crippen LogP) is 3.02. The fourth-order valence-corrected chi connectivity index (χ4v) is 2.03. The fraction of sp³-hybridized carbons (Fsp3) is 0.400. The van der Waals surface area contributed by atoms with Crippen molar-refractivity contribution < 1.29 is 9.84 Å². The first-order chi connectivity index (χ1) is 9.11. The molecule has 0 fully saturated rings. The number of aromatic nitrogens is 1. The molecule has 1 aromatic carbocycles. The molecule has 0 aliphatic rings. The number of ether oxygens (including phenoxy) is 1. The average Bonchev–Trinajstić information content (AvgIpc) is 2.38. The summed E-state index contributed by atoms with van der Waals surface area (Å²) in [4.78, 5) is 4.37. The van der Waals surface area contributed by atoms with Crippen molar-refractivity contribution in [2.75, 3.05) is 19.0 Å². The molecule has 2 N–H and O–H groups in total. The number of hydrogen-bond donors (Lipinski definition) is 2. The van der Waals surface area contributed by atoms with E-state index >= 15 is 0 Å². The quantitative estimate of drug-likeness (QED) is 0.867. The van der Waals surface area contributed by atoms with E-state index in [9.17, 15) is 5.11 Å². The van der Waals surface area contributed by atoms with E-state index in [0.29, 0.717) is 12.5 Å². The molecule has 0 bridgehead atoms. The average molecular weight is 260 g/mol. The minimum absolute atomic E-state index is 0.186. The van der Waals surface area contributed by atoms with Crippen molar-refractivity contribution in [3.63, 3.8) is 0 Å². The Balaban J connectivity index is 2.36. The molecule has 0 spiro atoms.